The SMILES string of the molecule is COc1ccc(NCCC(C)N)cc1C(C)C. The van der Waals surface area contributed by atoms with Gasteiger partial charge in [0.1, 0.15) is 5.75 Å². The zero-order valence-electron chi connectivity index (χ0n) is 11.3. The molecule has 0 aliphatic carbocycles. The minimum absolute atomic E-state index is 0.241. The van der Waals surface area contributed by atoms with E-state index in [9.17, 15) is 0 Å². The number of anilines is 1. The molecule has 17 heavy (non-hydrogen) atoms. The van der Waals surface area contributed by atoms with Crippen LogP contribution in [0, 0.1) is 0 Å². The van der Waals surface area contributed by atoms with Crippen molar-refractivity contribution in [2.24, 2.45) is 5.73 Å². The molecule has 1 aromatic carbocycles. The molecule has 0 aromatic heterocycles. The summed E-state index contributed by atoms with van der Waals surface area (Å²) in [4.78, 5) is 0. The van der Waals surface area contributed by atoms with Crippen LogP contribution >= 0.6 is 0 Å². The molecule has 1 rings (SSSR count). The highest BCUT2D eigenvalue weighted by Crippen LogP contribution is 2.29. The number of nitrogens with one attached hydrogen (secondary N) is 1. The molecule has 0 aliphatic heterocycles. The third-order valence-corrected chi connectivity index (χ3v) is 2.78. The first-order chi connectivity index (χ1) is 8.04. The van der Waals surface area contributed by atoms with E-state index in [1.165, 1.54) is 5.56 Å². The van der Waals surface area contributed by atoms with Gasteiger partial charge in [0.2, 0.25) is 0 Å². The van der Waals surface area contributed by atoms with Crippen LogP contribution in [0.1, 0.15) is 38.7 Å². The average molecular weight is 236 g/mol. The van der Waals surface area contributed by atoms with Gasteiger partial charge in [-0.2, -0.15) is 0 Å². The van der Waals surface area contributed by atoms with Gasteiger partial charge < -0.3 is 15.8 Å². The lowest BCUT2D eigenvalue weighted by molar-refractivity contribution is 0.407. The molecule has 0 aliphatic rings. The molecule has 0 saturated heterocycles. The molecule has 0 radical (unpaired) electrons. The molecule has 3 N–H and O–H groups in total. The first-order valence-corrected chi connectivity index (χ1v) is 6.22. The van der Waals surface area contributed by atoms with Gasteiger partial charge in [0, 0.05) is 18.3 Å². The number of hydrogen-bond donors (Lipinski definition) is 2. The maximum Gasteiger partial charge on any atom is 0.122 e. The molecular weight excluding hydrogens is 212 g/mol. The van der Waals surface area contributed by atoms with Crippen molar-refractivity contribution in [2.45, 2.75) is 39.2 Å². The van der Waals surface area contributed by atoms with Crippen LogP contribution in [0.25, 0.3) is 0 Å². The molecule has 0 bridgehead atoms. The summed E-state index contributed by atoms with van der Waals surface area (Å²) in [5.74, 6) is 1.41. The van der Waals surface area contributed by atoms with E-state index in [1.54, 1.807) is 7.11 Å². The molecule has 3 nitrogen and oxygen atoms in total. The van der Waals surface area contributed by atoms with Crippen LogP contribution in [0.3, 0.4) is 0 Å². The number of nitrogens with two attached hydrogens (primary N) is 1. The molecule has 0 amide bonds. The summed E-state index contributed by atoms with van der Waals surface area (Å²) >= 11 is 0. The topological polar surface area (TPSA) is 47.3 Å². The zero-order chi connectivity index (χ0) is 12.8. The van der Waals surface area contributed by atoms with Crippen molar-refractivity contribution in [1.29, 1.82) is 0 Å². The van der Waals surface area contributed by atoms with Gasteiger partial charge in [-0.3, -0.25) is 0 Å². The zero-order valence-corrected chi connectivity index (χ0v) is 11.3. The van der Waals surface area contributed by atoms with Crippen molar-refractivity contribution in [3.05, 3.63) is 23.8 Å². The Bertz CT molecular complexity index is 348. The van der Waals surface area contributed by atoms with E-state index in [-0.39, 0.29) is 6.04 Å². The highest BCUT2D eigenvalue weighted by Gasteiger charge is 2.08. The highest BCUT2D eigenvalue weighted by atomic mass is 16.5. The van der Waals surface area contributed by atoms with Crippen LogP contribution in [0.15, 0.2) is 18.2 Å². The second-order valence-corrected chi connectivity index (χ2v) is 4.80. The lowest BCUT2D eigenvalue weighted by atomic mass is 10.0. The molecule has 0 spiro atoms. The summed E-state index contributed by atoms with van der Waals surface area (Å²) < 4.78 is 5.36. The van der Waals surface area contributed by atoms with Gasteiger partial charge in [-0.1, -0.05) is 13.8 Å². The Labute approximate surface area is 104 Å². The van der Waals surface area contributed by atoms with Crippen molar-refractivity contribution in [3.8, 4) is 5.75 Å². The fraction of sp³-hybridized carbons (Fsp3) is 0.571. The molecule has 1 atom stereocenters. The Morgan fingerprint density at radius 1 is 1.29 bits per heavy atom. The number of methoxy groups -OCH3 is 1. The molecular formula is C14H24N2O. The maximum absolute atomic E-state index is 5.72. The standard InChI is InChI=1S/C14H24N2O/c1-10(2)13-9-12(5-6-14(13)17-4)16-8-7-11(3)15/h5-6,9-11,16H,7-8,15H2,1-4H3. The second kappa shape index (κ2) is 6.50. The summed E-state index contributed by atoms with van der Waals surface area (Å²) in [5, 5.41) is 3.39. The van der Waals surface area contributed by atoms with Crippen LogP contribution in [0.2, 0.25) is 0 Å². The van der Waals surface area contributed by atoms with Gasteiger partial charge in [0.25, 0.3) is 0 Å². The first-order valence-electron chi connectivity index (χ1n) is 6.22. The molecule has 1 aromatic rings. The van der Waals surface area contributed by atoms with E-state index < -0.39 is 0 Å². The summed E-state index contributed by atoms with van der Waals surface area (Å²) in [6, 6.07) is 6.46. The quantitative estimate of drug-likeness (QED) is 0.798. The van der Waals surface area contributed by atoms with Crippen LogP contribution in [0.4, 0.5) is 5.69 Å². The van der Waals surface area contributed by atoms with Crippen molar-refractivity contribution in [2.75, 3.05) is 19.0 Å². The van der Waals surface area contributed by atoms with Gasteiger partial charge in [-0.05, 0) is 43.0 Å². The summed E-state index contributed by atoms with van der Waals surface area (Å²) in [5.41, 5.74) is 8.09. The molecule has 0 fully saturated rings. The Morgan fingerprint density at radius 2 is 2.00 bits per heavy atom. The van der Waals surface area contributed by atoms with Crippen molar-refractivity contribution in [1.82, 2.24) is 0 Å². The monoisotopic (exact) mass is 236 g/mol. The number of ether oxygens (including phenoxy) is 1. The molecule has 3 heteroatoms. The predicted molar refractivity (Wildman–Crippen MR) is 73.8 cm³/mol. The average Bonchev–Trinajstić information content (AvgIpc) is 2.28. The predicted octanol–water partition coefficient (Wildman–Crippen LogP) is 2.97. The fourth-order valence-electron chi connectivity index (χ4n) is 1.74. The van der Waals surface area contributed by atoms with Crippen molar-refractivity contribution < 1.29 is 4.74 Å². The van der Waals surface area contributed by atoms with E-state index in [1.807, 2.05) is 19.1 Å². The van der Waals surface area contributed by atoms with Gasteiger partial charge >= 0.3 is 0 Å². The number of rotatable bonds is 6. The van der Waals surface area contributed by atoms with Crippen LogP contribution in [-0.4, -0.2) is 19.7 Å². The molecule has 1 unspecified atom stereocenters. The van der Waals surface area contributed by atoms with E-state index in [0.717, 1.165) is 24.4 Å². The van der Waals surface area contributed by atoms with E-state index in [2.05, 4.69) is 25.2 Å². The summed E-state index contributed by atoms with van der Waals surface area (Å²) in [6.07, 6.45) is 0.975. The summed E-state index contributed by atoms with van der Waals surface area (Å²) in [7, 11) is 1.71. The van der Waals surface area contributed by atoms with Crippen LogP contribution in [-0.2, 0) is 0 Å². The summed E-state index contributed by atoms with van der Waals surface area (Å²) in [6.45, 7) is 7.27. The van der Waals surface area contributed by atoms with Gasteiger partial charge in [0.15, 0.2) is 0 Å². The Hall–Kier alpha value is -1.22. The van der Waals surface area contributed by atoms with Gasteiger partial charge in [-0.25, -0.2) is 0 Å². The smallest absolute Gasteiger partial charge is 0.122 e. The normalized spacial score (nSPS) is 12.6. The van der Waals surface area contributed by atoms with E-state index in [4.69, 9.17) is 10.5 Å². The molecule has 0 heterocycles. The second-order valence-electron chi connectivity index (χ2n) is 4.80. The third-order valence-electron chi connectivity index (χ3n) is 2.78. The lowest BCUT2D eigenvalue weighted by Gasteiger charge is -2.15. The number of benzene rings is 1. The minimum Gasteiger partial charge on any atom is -0.496 e. The highest BCUT2D eigenvalue weighted by molar-refractivity contribution is 5.52. The first kappa shape index (κ1) is 13.8. The van der Waals surface area contributed by atoms with Crippen LogP contribution < -0.4 is 15.8 Å². The number of hydrogen-bond acceptors (Lipinski definition) is 3. The Morgan fingerprint density at radius 3 is 2.53 bits per heavy atom. The maximum atomic E-state index is 5.72. The van der Waals surface area contributed by atoms with Crippen LogP contribution in [0.5, 0.6) is 5.75 Å². The molecule has 0 saturated carbocycles. The van der Waals surface area contributed by atoms with Gasteiger partial charge in [0.05, 0.1) is 7.11 Å². The van der Waals surface area contributed by atoms with E-state index in [0.29, 0.717) is 5.92 Å². The Balaban J connectivity index is 2.71. The van der Waals surface area contributed by atoms with E-state index >= 15 is 0 Å². The molecule has 96 valence electrons. The lowest BCUT2D eigenvalue weighted by Crippen LogP contribution is -2.19. The largest absolute Gasteiger partial charge is 0.496 e. The minimum atomic E-state index is 0.241. The third kappa shape index (κ3) is 4.27. The Kier molecular flexibility index (Phi) is 5.29. The van der Waals surface area contributed by atoms with Gasteiger partial charge in [-0.15, -0.1) is 0 Å². The van der Waals surface area contributed by atoms with Crippen molar-refractivity contribution >= 4 is 5.69 Å². The fourth-order valence-corrected chi connectivity index (χ4v) is 1.74. The van der Waals surface area contributed by atoms with Crippen molar-refractivity contribution in [3.63, 3.8) is 0 Å².